The van der Waals surface area contributed by atoms with Crippen LogP contribution in [0.15, 0.2) is 47.7 Å². The Morgan fingerprint density at radius 1 is 1.16 bits per heavy atom. The summed E-state index contributed by atoms with van der Waals surface area (Å²) >= 11 is 0. The van der Waals surface area contributed by atoms with E-state index >= 15 is 0 Å². The summed E-state index contributed by atoms with van der Waals surface area (Å²) in [5.41, 5.74) is 1.60. The van der Waals surface area contributed by atoms with Gasteiger partial charge in [0.1, 0.15) is 5.82 Å². The van der Waals surface area contributed by atoms with Gasteiger partial charge in [0.25, 0.3) is 0 Å². The number of hydrogen-bond donors (Lipinski definition) is 2. The fourth-order valence-electron chi connectivity index (χ4n) is 4.42. The van der Waals surface area contributed by atoms with Crippen molar-refractivity contribution < 1.29 is 4.74 Å². The predicted octanol–water partition coefficient (Wildman–Crippen LogP) is 4.02. The second-order valence-corrected chi connectivity index (χ2v) is 8.48. The van der Waals surface area contributed by atoms with Gasteiger partial charge in [-0.3, -0.25) is 4.99 Å². The van der Waals surface area contributed by atoms with Crippen LogP contribution in [0.1, 0.15) is 57.3 Å². The molecule has 170 valence electrons. The van der Waals surface area contributed by atoms with Gasteiger partial charge in [-0.2, -0.15) is 0 Å². The number of benzene rings is 1. The molecule has 1 saturated carbocycles. The molecule has 3 rings (SSSR count). The van der Waals surface area contributed by atoms with Crippen LogP contribution in [0.4, 0.5) is 0 Å². The van der Waals surface area contributed by atoms with Crippen molar-refractivity contribution in [3.8, 4) is 0 Å². The highest BCUT2D eigenvalue weighted by Crippen LogP contribution is 2.41. The fourth-order valence-corrected chi connectivity index (χ4v) is 4.42. The average Bonchev–Trinajstić information content (AvgIpc) is 3.43. The number of nitrogens with zero attached hydrogens (tertiary/aromatic N) is 3. The van der Waals surface area contributed by atoms with E-state index in [4.69, 9.17) is 9.73 Å². The number of guanidine groups is 1. The lowest BCUT2D eigenvalue weighted by atomic mass is 9.83. The normalized spacial score (nSPS) is 15.9. The summed E-state index contributed by atoms with van der Waals surface area (Å²) in [4.78, 5) is 9.53. The minimum absolute atomic E-state index is 0.309. The molecule has 1 aliphatic carbocycles. The van der Waals surface area contributed by atoms with Gasteiger partial charge in [0, 0.05) is 58.2 Å². The number of imidazole rings is 1. The number of ether oxygens (including phenoxy) is 1. The van der Waals surface area contributed by atoms with Crippen molar-refractivity contribution in [3.63, 3.8) is 0 Å². The zero-order valence-electron chi connectivity index (χ0n) is 19.3. The van der Waals surface area contributed by atoms with Gasteiger partial charge in [-0.15, -0.1) is 0 Å². The highest BCUT2D eigenvalue weighted by Gasteiger charge is 2.33. The maximum Gasteiger partial charge on any atom is 0.191 e. The molecule has 2 N–H and O–H groups in total. The van der Waals surface area contributed by atoms with Crippen LogP contribution >= 0.6 is 0 Å². The van der Waals surface area contributed by atoms with E-state index in [1.54, 1.807) is 0 Å². The lowest BCUT2D eigenvalue weighted by molar-refractivity contribution is 0.107. The molecule has 6 heteroatoms. The molecule has 1 aromatic heterocycles. The Morgan fingerprint density at radius 3 is 2.71 bits per heavy atom. The van der Waals surface area contributed by atoms with Crippen LogP contribution in [0, 0.1) is 5.41 Å². The topological polar surface area (TPSA) is 63.5 Å². The maximum atomic E-state index is 5.65. The first-order chi connectivity index (χ1) is 15.2. The van der Waals surface area contributed by atoms with E-state index < -0.39 is 0 Å². The first kappa shape index (κ1) is 23.3. The Kier molecular flexibility index (Phi) is 9.40. The van der Waals surface area contributed by atoms with Crippen LogP contribution < -0.4 is 10.6 Å². The third kappa shape index (κ3) is 7.39. The number of hydrogen-bond acceptors (Lipinski definition) is 3. The highest BCUT2D eigenvalue weighted by atomic mass is 16.5. The highest BCUT2D eigenvalue weighted by molar-refractivity contribution is 5.79. The molecule has 1 fully saturated rings. The van der Waals surface area contributed by atoms with Crippen LogP contribution in [-0.2, 0) is 17.7 Å². The summed E-state index contributed by atoms with van der Waals surface area (Å²) < 4.78 is 7.87. The molecule has 0 radical (unpaired) electrons. The SMILES string of the molecule is CCNC(=NCC1(CCOCC)CCCC1)NCCc1nccn1Cc1ccccc1. The summed E-state index contributed by atoms with van der Waals surface area (Å²) in [6, 6.07) is 10.5. The standard InChI is InChI=1S/C25H39N5O/c1-3-26-24(29-21-25(13-8-9-14-25)15-19-31-4-2)28-16-12-23-27-17-18-30(23)20-22-10-6-5-7-11-22/h5-7,10-11,17-18H,3-4,8-9,12-16,19-21H2,1-2H3,(H2,26,28,29). The van der Waals surface area contributed by atoms with Gasteiger partial charge in [0.2, 0.25) is 0 Å². The van der Waals surface area contributed by atoms with E-state index in [1.807, 2.05) is 6.20 Å². The molecule has 0 spiro atoms. The van der Waals surface area contributed by atoms with Gasteiger partial charge < -0.3 is 19.9 Å². The molecular weight excluding hydrogens is 386 g/mol. The van der Waals surface area contributed by atoms with Gasteiger partial charge in [-0.1, -0.05) is 43.2 Å². The summed E-state index contributed by atoms with van der Waals surface area (Å²) in [6.07, 6.45) is 11.1. The summed E-state index contributed by atoms with van der Waals surface area (Å²) in [5, 5.41) is 6.92. The number of aliphatic imine (C=N–C) groups is 1. The fraction of sp³-hybridized carbons (Fsp3) is 0.600. The zero-order chi connectivity index (χ0) is 21.8. The van der Waals surface area contributed by atoms with Crippen LogP contribution in [0.2, 0.25) is 0 Å². The average molecular weight is 426 g/mol. The quantitative estimate of drug-likeness (QED) is 0.306. The first-order valence-electron chi connectivity index (χ1n) is 11.9. The Hall–Kier alpha value is -2.34. The summed E-state index contributed by atoms with van der Waals surface area (Å²) in [5.74, 6) is 2.00. The molecule has 0 saturated heterocycles. The van der Waals surface area contributed by atoms with E-state index in [-0.39, 0.29) is 0 Å². The first-order valence-corrected chi connectivity index (χ1v) is 11.9. The lowest BCUT2D eigenvalue weighted by Gasteiger charge is -2.27. The van der Waals surface area contributed by atoms with E-state index in [1.165, 1.54) is 31.2 Å². The Morgan fingerprint density at radius 2 is 1.97 bits per heavy atom. The van der Waals surface area contributed by atoms with Crippen molar-refractivity contribution in [1.29, 1.82) is 0 Å². The maximum absolute atomic E-state index is 5.65. The molecule has 31 heavy (non-hydrogen) atoms. The van der Waals surface area contributed by atoms with Crippen molar-refractivity contribution in [2.75, 3.05) is 32.8 Å². The molecular formula is C25H39N5O. The molecule has 1 aromatic carbocycles. The molecule has 0 aliphatic heterocycles. The zero-order valence-corrected chi connectivity index (χ0v) is 19.3. The van der Waals surface area contributed by atoms with Crippen LogP contribution in [0.25, 0.3) is 0 Å². The number of nitrogens with one attached hydrogen (secondary N) is 2. The van der Waals surface area contributed by atoms with Crippen molar-refractivity contribution >= 4 is 5.96 Å². The Bertz CT molecular complexity index is 780. The molecule has 0 atom stereocenters. The van der Waals surface area contributed by atoms with Gasteiger partial charge >= 0.3 is 0 Å². The minimum atomic E-state index is 0.309. The van der Waals surface area contributed by atoms with E-state index in [2.05, 4.69) is 70.6 Å². The van der Waals surface area contributed by atoms with E-state index in [0.29, 0.717) is 5.41 Å². The second-order valence-electron chi connectivity index (χ2n) is 8.48. The summed E-state index contributed by atoms with van der Waals surface area (Å²) in [6.45, 7) is 9.22. The third-order valence-electron chi connectivity index (χ3n) is 6.20. The monoisotopic (exact) mass is 425 g/mol. The molecule has 0 amide bonds. The third-order valence-corrected chi connectivity index (χ3v) is 6.20. The van der Waals surface area contributed by atoms with Gasteiger partial charge in [0.05, 0.1) is 0 Å². The van der Waals surface area contributed by atoms with Crippen LogP contribution in [-0.4, -0.2) is 48.4 Å². The van der Waals surface area contributed by atoms with E-state index in [9.17, 15) is 0 Å². The van der Waals surface area contributed by atoms with Gasteiger partial charge in [0.15, 0.2) is 5.96 Å². The van der Waals surface area contributed by atoms with E-state index in [0.717, 1.165) is 64.0 Å². The number of aromatic nitrogens is 2. The molecule has 0 unspecified atom stereocenters. The van der Waals surface area contributed by atoms with Crippen LogP contribution in [0.5, 0.6) is 0 Å². The van der Waals surface area contributed by atoms with Crippen molar-refractivity contribution in [2.24, 2.45) is 10.4 Å². The van der Waals surface area contributed by atoms with Crippen molar-refractivity contribution in [1.82, 2.24) is 20.2 Å². The minimum Gasteiger partial charge on any atom is -0.382 e. The summed E-state index contributed by atoms with van der Waals surface area (Å²) in [7, 11) is 0. The van der Waals surface area contributed by atoms with Crippen LogP contribution in [0.3, 0.4) is 0 Å². The lowest BCUT2D eigenvalue weighted by Crippen LogP contribution is -2.39. The number of rotatable bonds is 12. The van der Waals surface area contributed by atoms with Crippen molar-refractivity contribution in [2.45, 2.75) is 58.9 Å². The van der Waals surface area contributed by atoms with Crippen molar-refractivity contribution in [3.05, 3.63) is 54.1 Å². The van der Waals surface area contributed by atoms with Gasteiger partial charge in [-0.25, -0.2) is 4.98 Å². The smallest absolute Gasteiger partial charge is 0.191 e. The molecule has 1 heterocycles. The molecule has 2 aromatic rings. The second kappa shape index (κ2) is 12.5. The predicted molar refractivity (Wildman–Crippen MR) is 127 cm³/mol. The molecule has 6 nitrogen and oxygen atoms in total. The Balaban J connectivity index is 1.53. The largest absolute Gasteiger partial charge is 0.382 e. The molecule has 1 aliphatic rings. The Labute approximate surface area is 187 Å². The van der Waals surface area contributed by atoms with Gasteiger partial charge in [-0.05, 0) is 44.1 Å². The molecule has 0 bridgehead atoms.